The van der Waals surface area contributed by atoms with Crippen LogP contribution in [0.2, 0.25) is 0 Å². The van der Waals surface area contributed by atoms with Gasteiger partial charge in [0.05, 0.1) is 17.5 Å². The Bertz CT molecular complexity index is 415. The molecule has 2 atom stereocenters. The topological polar surface area (TPSA) is 41.3 Å². The molecule has 4 nitrogen and oxygen atoms in total. The molecule has 2 saturated heterocycles. The Morgan fingerprint density at radius 3 is 2.61 bits per heavy atom. The van der Waals surface area contributed by atoms with Crippen molar-refractivity contribution >= 4 is 0 Å². The number of piperidine rings is 1. The van der Waals surface area contributed by atoms with Crippen LogP contribution >= 0.6 is 0 Å². The highest BCUT2D eigenvalue weighted by Gasteiger charge is 2.40. The summed E-state index contributed by atoms with van der Waals surface area (Å²) in [7, 11) is 0. The van der Waals surface area contributed by atoms with Crippen molar-refractivity contribution in [2.75, 3.05) is 0 Å². The summed E-state index contributed by atoms with van der Waals surface area (Å²) in [5, 5.41) is 14.4. The van der Waals surface area contributed by atoms with Gasteiger partial charge in [0.2, 0.25) is 0 Å². The molecule has 4 heteroatoms. The van der Waals surface area contributed by atoms with E-state index in [1.165, 1.54) is 18.5 Å². The molecule has 1 aromatic heterocycles. The molecule has 0 saturated carbocycles. The Morgan fingerprint density at radius 1 is 1.33 bits per heavy atom. The van der Waals surface area contributed by atoms with Crippen LogP contribution in [0.15, 0.2) is 6.07 Å². The van der Waals surface area contributed by atoms with E-state index in [2.05, 4.69) is 34.6 Å². The maximum atomic E-state index is 9.83. The van der Waals surface area contributed by atoms with Crippen LogP contribution in [-0.4, -0.2) is 38.0 Å². The van der Waals surface area contributed by atoms with E-state index in [0.717, 1.165) is 31.6 Å². The van der Waals surface area contributed by atoms with E-state index < -0.39 is 0 Å². The molecule has 0 aromatic carbocycles. The second kappa shape index (κ2) is 4.67. The van der Waals surface area contributed by atoms with Crippen LogP contribution in [-0.2, 0) is 13.1 Å². The van der Waals surface area contributed by atoms with E-state index in [4.69, 9.17) is 0 Å². The first-order valence-corrected chi connectivity index (χ1v) is 7.14. The lowest BCUT2D eigenvalue weighted by atomic mass is 10.00. The highest BCUT2D eigenvalue weighted by molar-refractivity contribution is 5.10. The summed E-state index contributed by atoms with van der Waals surface area (Å²) < 4.78 is 2.11. The first-order valence-electron chi connectivity index (χ1n) is 7.14. The molecular formula is C14H23N3O. The minimum absolute atomic E-state index is 0.0726. The number of nitrogens with zero attached hydrogens (tertiary/aromatic N) is 3. The predicted molar refractivity (Wildman–Crippen MR) is 70.2 cm³/mol. The molecule has 1 N–H and O–H groups in total. The van der Waals surface area contributed by atoms with Crippen LogP contribution in [0.25, 0.3) is 0 Å². The van der Waals surface area contributed by atoms with E-state index in [9.17, 15) is 5.11 Å². The predicted octanol–water partition coefficient (Wildman–Crippen LogP) is 1.70. The maximum Gasteiger partial charge on any atom is 0.0597 e. The van der Waals surface area contributed by atoms with Crippen LogP contribution in [0, 0.1) is 6.92 Å². The summed E-state index contributed by atoms with van der Waals surface area (Å²) in [6.07, 6.45) is 4.34. The molecule has 2 unspecified atom stereocenters. The number of aliphatic hydroxyl groups is 1. The molecule has 0 radical (unpaired) electrons. The summed E-state index contributed by atoms with van der Waals surface area (Å²) in [4.78, 5) is 2.59. The molecule has 1 aromatic rings. The van der Waals surface area contributed by atoms with Gasteiger partial charge in [-0.25, -0.2) is 0 Å². The summed E-state index contributed by atoms with van der Waals surface area (Å²) in [6, 6.07) is 3.37. The Balaban J connectivity index is 1.77. The Morgan fingerprint density at radius 2 is 2.00 bits per heavy atom. The van der Waals surface area contributed by atoms with E-state index in [1.807, 2.05) is 0 Å². The second-order valence-electron chi connectivity index (χ2n) is 5.78. The number of aliphatic hydroxyl groups excluding tert-OH is 1. The van der Waals surface area contributed by atoms with Gasteiger partial charge >= 0.3 is 0 Å². The van der Waals surface area contributed by atoms with Crippen molar-refractivity contribution in [3.63, 3.8) is 0 Å². The van der Waals surface area contributed by atoms with Gasteiger partial charge in [-0.05, 0) is 45.6 Å². The number of fused-ring (bicyclic) bond motifs is 2. The molecule has 3 rings (SSSR count). The zero-order valence-electron chi connectivity index (χ0n) is 11.3. The third-order valence-electron chi connectivity index (χ3n) is 4.49. The molecule has 2 aliphatic rings. The lowest BCUT2D eigenvalue weighted by Crippen LogP contribution is -2.44. The van der Waals surface area contributed by atoms with Crippen LogP contribution in [0.3, 0.4) is 0 Å². The van der Waals surface area contributed by atoms with Gasteiger partial charge in [0, 0.05) is 25.2 Å². The number of aryl methyl sites for hydroxylation is 2. The number of rotatable bonds is 3. The number of hydrogen-bond acceptors (Lipinski definition) is 3. The van der Waals surface area contributed by atoms with Gasteiger partial charge in [-0.2, -0.15) is 5.10 Å². The van der Waals surface area contributed by atoms with Crippen molar-refractivity contribution in [2.24, 2.45) is 0 Å². The smallest absolute Gasteiger partial charge is 0.0597 e. The largest absolute Gasteiger partial charge is 0.393 e. The van der Waals surface area contributed by atoms with Crippen molar-refractivity contribution in [3.8, 4) is 0 Å². The highest BCUT2D eigenvalue weighted by atomic mass is 16.3. The summed E-state index contributed by atoms with van der Waals surface area (Å²) >= 11 is 0. The SMILES string of the molecule is CCn1nc(C)cc1CN1C2CCC1CC(O)C2. The molecular weight excluding hydrogens is 226 g/mol. The van der Waals surface area contributed by atoms with E-state index in [-0.39, 0.29) is 6.10 Å². The second-order valence-corrected chi connectivity index (χ2v) is 5.78. The zero-order chi connectivity index (χ0) is 12.7. The molecule has 0 aliphatic carbocycles. The fourth-order valence-electron chi connectivity index (χ4n) is 3.69. The third-order valence-corrected chi connectivity index (χ3v) is 4.49. The van der Waals surface area contributed by atoms with Crippen LogP contribution in [0.5, 0.6) is 0 Å². The fourth-order valence-corrected chi connectivity index (χ4v) is 3.69. The van der Waals surface area contributed by atoms with Gasteiger partial charge in [-0.3, -0.25) is 9.58 Å². The molecule has 18 heavy (non-hydrogen) atoms. The highest BCUT2D eigenvalue weighted by Crippen LogP contribution is 2.36. The van der Waals surface area contributed by atoms with Gasteiger partial charge in [-0.1, -0.05) is 0 Å². The van der Waals surface area contributed by atoms with Crippen molar-refractivity contribution in [3.05, 3.63) is 17.5 Å². The standard InChI is InChI=1S/C14H23N3O/c1-3-17-13(6-10(2)15-17)9-16-11-4-5-12(16)8-14(18)7-11/h6,11-12,14,18H,3-5,7-9H2,1-2H3. The minimum atomic E-state index is -0.0726. The van der Waals surface area contributed by atoms with Gasteiger partial charge in [-0.15, -0.1) is 0 Å². The molecule has 2 aliphatic heterocycles. The lowest BCUT2D eigenvalue weighted by molar-refractivity contribution is 0.0296. The van der Waals surface area contributed by atoms with Crippen LogP contribution in [0.4, 0.5) is 0 Å². The third kappa shape index (κ3) is 2.08. The monoisotopic (exact) mass is 249 g/mol. The van der Waals surface area contributed by atoms with Crippen molar-refractivity contribution < 1.29 is 5.11 Å². The quantitative estimate of drug-likeness (QED) is 0.886. The normalized spacial score (nSPS) is 32.1. The maximum absolute atomic E-state index is 9.83. The van der Waals surface area contributed by atoms with Gasteiger partial charge in [0.1, 0.15) is 0 Å². The fraction of sp³-hybridized carbons (Fsp3) is 0.786. The van der Waals surface area contributed by atoms with E-state index >= 15 is 0 Å². The first kappa shape index (κ1) is 12.2. The van der Waals surface area contributed by atoms with Crippen molar-refractivity contribution in [1.82, 2.24) is 14.7 Å². The molecule has 3 heterocycles. The molecule has 0 spiro atoms. The lowest BCUT2D eigenvalue weighted by Gasteiger charge is -2.37. The Labute approximate surface area is 109 Å². The average Bonchev–Trinajstić information content (AvgIpc) is 2.79. The van der Waals surface area contributed by atoms with E-state index in [1.54, 1.807) is 0 Å². The minimum Gasteiger partial charge on any atom is -0.393 e. The molecule has 2 fully saturated rings. The molecule has 0 amide bonds. The Hall–Kier alpha value is -0.870. The Kier molecular flexibility index (Phi) is 3.16. The zero-order valence-corrected chi connectivity index (χ0v) is 11.3. The van der Waals surface area contributed by atoms with Crippen LogP contribution < -0.4 is 0 Å². The average molecular weight is 249 g/mol. The van der Waals surface area contributed by atoms with Crippen molar-refractivity contribution in [1.29, 1.82) is 0 Å². The van der Waals surface area contributed by atoms with Crippen LogP contribution in [0.1, 0.15) is 44.0 Å². The first-order chi connectivity index (χ1) is 8.67. The van der Waals surface area contributed by atoms with E-state index in [0.29, 0.717) is 12.1 Å². The van der Waals surface area contributed by atoms with Gasteiger partial charge < -0.3 is 5.11 Å². The molecule has 100 valence electrons. The number of aromatic nitrogens is 2. The molecule has 2 bridgehead atoms. The summed E-state index contributed by atoms with van der Waals surface area (Å²) in [6.45, 7) is 6.14. The van der Waals surface area contributed by atoms with Gasteiger partial charge in [0.25, 0.3) is 0 Å². The summed E-state index contributed by atoms with van der Waals surface area (Å²) in [5.41, 5.74) is 2.43. The number of hydrogen-bond donors (Lipinski definition) is 1. The van der Waals surface area contributed by atoms with Gasteiger partial charge in [0.15, 0.2) is 0 Å². The summed E-state index contributed by atoms with van der Waals surface area (Å²) in [5.74, 6) is 0. The van der Waals surface area contributed by atoms with Crippen molar-refractivity contribution in [2.45, 2.75) is 70.8 Å².